The van der Waals surface area contributed by atoms with Gasteiger partial charge in [-0.25, -0.2) is 4.98 Å². The van der Waals surface area contributed by atoms with Crippen LogP contribution < -0.4 is 4.90 Å². The van der Waals surface area contributed by atoms with E-state index in [0.717, 1.165) is 22.7 Å². The molecule has 0 atom stereocenters. The summed E-state index contributed by atoms with van der Waals surface area (Å²) in [6.07, 6.45) is 1.80. The molecule has 1 saturated heterocycles. The van der Waals surface area contributed by atoms with Gasteiger partial charge in [-0.2, -0.15) is 0 Å². The number of carbonyl (C=O) groups is 1. The van der Waals surface area contributed by atoms with Gasteiger partial charge in [0.25, 0.3) is 5.91 Å². The SMILES string of the molecule is O=C(c1cccc(Br)c1Cl)N1CCN(c2nccs2)CC1. The lowest BCUT2D eigenvalue weighted by atomic mass is 10.2. The third-order valence-corrected chi connectivity index (χ3v) is 5.57. The summed E-state index contributed by atoms with van der Waals surface area (Å²) in [5, 5.41) is 3.46. The highest BCUT2D eigenvalue weighted by molar-refractivity contribution is 9.10. The highest BCUT2D eigenvalue weighted by atomic mass is 79.9. The maximum absolute atomic E-state index is 12.6. The average Bonchev–Trinajstić information content (AvgIpc) is 3.04. The van der Waals surface area contributed by atoms with E-state index in [-0.39, 0.29) is 5.91 Å². The molecular formula is C14H13BrClN3OS. The lowest BCUT2D eigenvalue weighted by molar-refractivity contribution is 0.0747. The Bertz CT molecular complexity index is 642. The Balaban J connectivity index is 1.69. The summed E-state index contributed by atoms with van der Waals surface area (Å²) in [6.45, 7) is 2.96. The highest BCUT2D eigenvalue weighted by Crippen LogP contribution is 2.27. The van der Waals surface area contributed by atoms with Gasteiger partial charge in [0.1, 0.15) is 0 Å². The van der Waals surface area contributed by atoms with Crippen molar-refractivity contribution in [1.29, 1.82) is 0 Å². The van der Waals surface area contributed by atoms with Gasteiger partial charge in [-0.3, -0.25) is 4.79 Å². The maximum Gasteiger partial charge on any atom is 0.255 e. The zero-order valence-electron chi connectivity index (χ0n) is 11.1. The van der Waals surface area contributed by atoms with Crippen molar-refractivity contribution in [3.63, 3.8) is 0 Å². The molecule has 110 valence electrons. The predicted molar refractivity (Wildman–Crippen MR) is 89.4 cm³/mol. The van der Waals surface area contributed by atoms with E-state index in [0.29, 0.717) is 23.7 Å². The fourth-order valence-electron chi connectivity index (χ4n) is 2.31. The molecule has 1 aromatic heterocycles. The van der Waals surface area contributed by atoms with Gasteiger partial charge < -0.3 is 9.80 Å². The lowest BCUT2D eigenvalue weighted by Gasteiger charge is -2.34. The standard InChI is InChI=1S/C14H13BrClN3OS/c15-11-3-1-2-10(12(11)16)13(20)18-5-7-19(8-6-18)14-17-4-9-21-14/h1-4,9H,5-8H2. The van der Waals surface area contributed by atoms with Crippen LogP contribution in [0.1, 0.15) is 10.4 Å². The molecule has 1 amide bonds. The summed E-state index contributed by atoms with van der Waals surface area (Å²) in [4.78, 5) is 20.9. The minimum atomic E-state index is -0.0138. The minimum Gasteiger partial charge on any atom is -0.345 e. The molecule has 4 nitrogen and oxygen atoms in total. The van der Waals surface area contributed by atoms with Gasteiger partial charge in [-0.05, 0) is 28.1 Å². The van der Waals surface area contributed by atoms with E-state index in [1.165, 1.54) is 0 Å². The van der Waals surface area contributed by atoms with Crippen molar-refractivity contribution in [2.75, 3.05) is 31.1 Å². The Hall–Kier alpha value is -1.11. The van der Waals surface area contributed by atoms with Crippen LogP contribution in [0.2, 0.25) is 5.02 Å². The number of hydrogen-bond acceptors (Lipinski definition) is 4. The molecule has 1 aliphatic heterocycles. The first-order valence-electron chi connectivity index (χ1n) is 6.54. The van der Waals surface area contributed by atoms with Crippen molar-refractivity contribution in [2.45, 2.75) is 0 Å². The lowest BCUT2D eigenvalue weighted by Crippen LogP contribution is -2.48. The molecule has 7 heteroatoms. The van der Waals surface area contributed by atoms with Gasteiger partial charge in [-0.15, -0.1) is 11.3 Å². The number of anilines is 1. The summed E-state index contributed by atoms with van der Waals surface area (Å²) in [5.74, 6) is -0.0138. The fraction of sp³-hybridized carbons (Fsp3) is 0.286. The second-order valence-electron chi connectivity index (χ2n) is 4.70. The van der Waals surface area contributed by atoms with E-state index in [4.69, 9.17) is 11.6 Å². The van der Waals surface area contributed by atoms with E-state index in [1.807, 2.05) is 22.4 Å². The predicted octanol–water partition coefficient (Wildman–Crippen LogP) is 3.52. The summed E-state index contributed by atoms with van der Waals surface area (Å²) in [5.41, 5.74) is 0.550. The van der Waals surface area contributed by atoms with Crippen LogP contribution in [0.15, 0.2) is 34.2 Å². The van der Waals surface area contributed by atoms with Crippen molar-refractivity contribution in [1.82, 2.24) is 9.88 Å². The van der Waals surface area contributed by atoms with Gasteiger partial charge in [0.15, 0.2) is 5.13 Å². The van der Waals surface area contributed by atoms with Gasteiger partial charge in [0.2, 0.25) is 0 Å². The summed E-state index contributed by atoms with van der Waals surface area (Å²) < 4.78 is 0.747. The second kappa shape index (κ2) is 6.34. The second-order valence-corrected chi connectivity index (χ2v) is 6.80. The number of rotatable bonds is 2. The fourth-order valence-corrected chi connectivity index (χ4v) is 3.58. The molecule has 0 N–H and O–H groups in total. The molecule has 0 saturated carbocycles. The van der Waals surface area contributed by atoms with Crippen LogP contribution >= 0.6 is 38.9 Å². The quantitative estimate of drug-likeness (QED) is 0.792. The number of halogens is 2. The largest absolute Gasteiger partial charge is 0.345 e. The van der Waals surface area contributed by atoms with Crippen LogP contribution in [0.3, 0.4) is 0 Å². The molecule has 2 heterocycles. The van der Waals surface area contributed by atoms with Crippen LogP contribution in [-0.4, -0.2) is 42.0 Å². The van der Waals surface area contributed by atoms with Crippen molar-refractivity contribution < 1.29 is 4.79 Å². The summed E-state index contributed by atoms with van der Waals surface area (Å²) in [7, 11) is 0. The van der Waals surface area contributed by atoms with Crippen LogP contribution in [0, 0.1) is 0 Å². The zero-order chi connectivity index (χ0) is 14.8. The molecule has 0 spiro atoms. The first kappa shape index (κ1) is 14.8. The smallest absolute Gasteiger partial charge is 0.255 e. The average molecular weight is 387 g/mol. The van der Waals surface area contributed by atoms with E-state index >= 15 is 0 Å². The minimum absolute atomic E-state index is 0.0138. The Kier molecular flexibility index (Phi) is 4.47. The van der Waals surface area contributed by atoms with Crippen molar-refractivity contribution in [3.8, 4) is 0 Å². The van der Waals surface area contributed by atoms with Crippen molar-refractivity contribution >= 4 is 49.9 Å². The number of nitrogens with zero attached hydrogens (tertiary/aromatic N) is 3. The first-order chi connectivity index (χ1) is 10.2. The molecule has 21 heavy (non-hydrogen) atoms. The molecule has 1 aromatic carbocycles. The summed E-state index contributed by atoms with van der Waals surface area (Å²) in [6, 6.07) is 5.43. The maximum atomic E-state index is 12.6. The number of amides is 1. The molecule has 1 aliphatic rings. The zero-order valence-corrected chi connectivity index (χ0v) is 14.3. The summed E-state index contributed by atoms with van der Waals surface area (Å²) >= 11 is 11.2. The van der Waals surface area contributed by atoms with E-state index in [1.54, 1.807) is 23.6 Å². The number of carbonyl (C=O) groups excluding carboxylic acids is 1. The van der Waals surface area contributed by atoms with Crippen molar-refractivity contribution in [3.05, 3.63) is 44.8 Å². The molecule has 2 aromatic rings. The van der Waals surface area contributed by atoms with Gasteiger partial charge in [-0.1, -0.05) is 17.7 Å². The third kappa shape index (κ3) is 3.07. The molecule has 0 unspecified atom stereocenters. The van der Waals surface area contributed by atoms with Gasteiger partial charge in [0.05, 0.1) is 10.6 Å². The van der Waals surface area contributed by atoms with Crippen LogP contribution in [0.25, 0.3) is 0 Å². The van der Waals surface area contributed by atoms with Gasteiger partial charge >= 0.3 is 0 Å². The number of hydrogen-bond donors (Lipinski definition) is 0. The van der Waals surface area contributed by atoms with Gasteiger partial charge in [0, 0.05) is 42.2 Å². The Morgan fingerprint density at radius 2 is 2.05 bits per heavy atom. The third-order valence-electron chi connectivity index (χ3n) is 3.44. The van der Waals surface area contributed by atoms with Crippen LogP contribution in [0.5, 0.6) is 0 Å². The molecular weight excluding hydrogens is 374 g/mol. The number of thiazole rings is 1. The first-order valence-corrected chi connectivity index (χ1v) is 8.59. The van der Waals surface area contributed by atoms with E-state index in [9.17, 15) is 4.79 Å². The Morgan fingerprint density at radius 1 is 1.29 bits per heavy atom. The molecule has 0 radical (unpaired) electrons. The van der Waals surface area contributed by atoms with Crippen molar-refractivity contribution in [2.24, 2.45) is 0 Å². The van der Waals surface area contributed by atoms with E-state index in [2.05, 4.69) is 25.8 Å². The molecule has 0 bridgehead atoms. The topological polar surface area (TPSA) is 36.4 Å². The molecule has 1 fully saturated rings. The van der Waals surface area contributed by atoms with Crippen LogP contribution in [0.4, 0.5) is 5.13 Å². The Morgan fingerprint density at radius 3 is 2.71 bits per heavy atom. The van der Waals surface area contributed by atoms with E-state index < -0.39 is 0 Å². The normalized spacial score (nSPS) is 15.3. The number of benzene rings is 1. The molecule has 0 aliphatic carbocycles. The molecule has 3 rings (SSSR count). The Labute approximate surface area is 140 Å². The number of piperazine rings is 1. The highest BCUT2D eigenvalue weighted by Gasteiger charge is 2.24. The number of aromatic nitrogens is 1. The van der Waals surface area contributed by atoms with Crippen LogP contribution in [-0.2, 0) is 0 Å². The monoisotopic (exact) mass is 385 g/mol.